The SMILES string of the molecule is CC(=O)OC1CC[C@H]2[C@@H]3CC(=O)C4CC=CC[C@]4(C)[C@@H]3CC[C@]12C. The van der Waals surface area contributed by atoms with Crippen molar-refractivity contribution in [2.45, 2.75) is 71.8 Å². The number of Topliss-reactive ketones (excluding diaryl/α,β-unsaturated/α-hetero) is 1. The van der Waals surface area contributed by atoms with Gasteiger partial charge in [-0.15, -0.1) is 0 Å². The Morgan fingerprint density at radius 3 is 2.62 bits per heavy atom. The first kappa shape index (κ1) is 16.4. The fourth-order valence-electron chi connectivity index (χ4n) is 7.00. The van der Waals surface area contributed by atoms with Crippen LogP contribution in [-0.2, 0) is 14.3 Å². The molecule has 3 saturated carbocycles. The van der Waals surface area contributed by atoms with E-state index in [0.29, 0.717) is 23.5 Å². The second kappa shape index (κ2) is 5.44. The zero-order valence-corrected chi connectivity index (χ0v) is 15.2. The third kappa shape index (κ3) is 2.16. The molecular formula is C21H30O3. The zero-order valence-electron chi connectivity index (χ0n) is 15.2. The Morgan fingerprint density at radius 1 is 1.12 bits per heavy atom. The van der Waals surface area contributed by atoms with E-state index in [0.717, 1.165) is 38.5 Å². The van der Waals surface area contributed by atoms with Gasteiger partial charge in [-0.3, -0.25) is 9.59 Å². The molecule has 0 heterocycles. The summed E-state index contributed by atoms with van der Waals surface area (Å²) in [7, 11) is 0. The molecule has 4 aliphatic carbocycles. The molecule has 3 fully saturated rings. The van der Waals surface area contributed by atoms with Gasteiger partial charge in [-0.05, 0) is 61.7 Å². The average molecular weight is 330 g/mol. The summed E-state index contributed by atoms with van der Waals surface area (Å²) < 4.78 is 5.69. The van der Waals surface area contributed by atoms with Crippen LogP contribution in [0.3, 0.4) is 0 Å². The summed E-state index contributed by atoms with van der Waals surface area (Å²) in [5, 5.41) is 0. The highest BCUT2D eigenvalue weighted by atomic mass is 16.5. The molecule has 7 atom stereocenters. The Bertz CT molecular complexity index is 594. The van der Waals surface area contributed by atoms with Crippen LogP contribution in [0, 0.1) is 34.5 Å². The molecule has 0 saturated heterocycles. The maximum absolute atomic E-state index is 12.9. The highest BCUT2D eigenvalue weighted by Crippen LogP contribution is 2.65. The minimum Gasteiger partial charge on any atom is -0.462 e. The smallest absolute Gasteiger partial charge is 0.302 e. The Labute approximate surface area is 145 Å². The largest absolute Gasteiger partial charge is 0.462 e. The monoisotopic (exact) mass is 330 g/mol. The molecule has 0 aromatic heterocycles. The fraction of sp³-hybridized carbons (Fsp3) is 0.810. The Kier molecular flexibility index (Phi) is 3.71. The van der Waals surface area contributed by atoms with Crippen LogP contribution in [0.4, 0.5) is 0 Å². The van der Waals surface area contributed by atoms with Gasteiger partial charge in [-0.1, -0.05) is 26.0 Å². The number of carbonyl (C=O) groups is 2. The normalized spacial score (nSPS) is 50.0. The molecule has 3 nitrogen and oxygen atoms in total. The highest BCUT2D eigenvalue weighted by Gasteiger charge is 2.62. The van der Waals surface area contributed by atoms with E-state index in [1.165, 1.54) is 13.3 Å². The van der Waals surface area contributed by atoms with Crippen LogP contribution >= 0.6 is 0 Å². The summed E-state index contributed by atoms with van der Waals surface area (Å²) in [5.74, 6) is 2.24. The van der Waals surface area contributed by atoms with E-state index in [1.807, 2.05) is 0 Å². The Morgan fingerprint density at radius 2 is 1.88 bits per heavy atom. The van der Waals surface area contributed by atoms with E-state index in [-0.39, 0.29) is 28.8 Å². The van der Waals surface area contributed by atoms with E-state index in [9.17, 15) is 9.59 Å². The Balaban J connectivity index is 1.65. The molecule has 2 unspecified atom stereocenters. The second-order valence-corrected chi connectivity index (χ2v) is 9.24. The molecule has 24 heavy (non-hydrogen) atoms. The van der Waals surface area contributed by atoms with Gasteiger partial charge >= 0.3 is 5.97 Å². The van der Waals surface area contributed by atoms with Gasteiger partial charge in [0.15, 0.2) is 0 Å². The molecule has 0 aromatic carbocycles. The molecule has 0 aliphatic heterocycles. The van der Waals surface area contributed by atoms with E-state index in [1.54, 1.807) is 0 Å². The first-order valence-electron chi connectivity index (χ1n) is 9.71. The first-order chi connectivity index (χ1) is 11.4. The maximum atomic E-state index is 12.9. The number of esters is 1. The number of carbonyl (C=O) groups excluding carboxylic acids is 2. The van der Waals surface area contributed by atoms with Crippen molar-refractivity contribution in [2.24, 2.45) is 34.5 Å². The first-order valence-corrected chi connectivity index (χ1v) is 9.71. The Hall–Kier alpha value is -1.12. The molecule has 0 spiro atoms. The summed E-state index contributed by atoms with van der Waals surface area (Å²) in [5.41, 5.74) is 0.219. The van der Waals surface area contributed by atoms with Crippen LogP contribution in [0.25, 0.3) is 0 Å². The minimum absolute atomic E-state index is 0.0489. The van der Waals surface area contributed by atoms with Crippen LogP contribution in [0.15, 0.2) is 12.2 Å². The van der Waals surface area contributed by atoms with Gasteiger partial charge in [0.05, 0.1) is 0 Å². The predicted molar refractivity (Wildman–Crippen MR) is 92.2 cm³/mol. The highest BCUT2D eigenvalue weighted by molar-refractivity contribution is 5.83. The molecule has 132 valence electrons. The van der Waals surface area contributed by atoms with Gasteiger partial charge in [0.2, 0.25) is 0 Å². The molecule has 4 rings (SSSR count). The van der Waals surface area contributed by atoms with E-state index >= 15 is 0 Å². The topological polar surface area (TPSA) is 43.4 Å². The van der Waals surface area contributed by atoms with Crippen LogP contribution < -0.4 is 0 Å². The quantitative estimate of drug-likeness (QED) is 0.531. The molecule has 3 heteroatoms. The van der Waals surface area contributed by atoms with E-state index in [4.69, 9.17) is 4.74 Å². The van der Waals surface area contributed by atoms with Crippen molar-refractivity contribution in [3.63, 3.8) is 0 Å². The van der Waals surface area contributed by atoms with Crippen molar-refractivity contribution < 1.29 is 14.3 Å². The van der Waals surface area contributed by atoms with Crippen molar-refractivity contribution in [1.82, 2.24) is 0 Å². The fourth-order valence-corrected chi connectivity index (χ4v) is 7.00. The number of ether oxygens (including phenoxy) is 1. The summed E-state index contributed by atoms with van der Waals surface area (Å²) in [6.45, 7) is 6.21. The van der Waals surface area contributed by atoms with Crippen molar-refractivity contribution in [1.29, 1.82) is 0 Å². The van der Waals surface area contributed by atoms with Gasteiger partial charge in [-0.25, -0.2) is 0 Å². The lowest BCUT2D eigenvalue weighted by Crippen LogP contribution is -2.55. The lowest BCUT2D eigenvalue weighted by Gasteiger charge is -2.58. The molecule has 0 bridgehead atoms. The molecular weight excluding hydrogens is 300 g/mol. The van der Waals surface area contributed by atoms with Crippen LogP contribution in [0.2, 0.25) is 0 Å². The van der Waals surface area contributed by atoms with Crippen LogP contribution in [0.5, 0.6) is 0 Å². The molecule has 0 radical (unpaired) electrons. The number of hydrogen-bond donors (Lipinski definition) is 0. The number of ketones is 1. The summed E-state index contributed by atoms with van der Waals surface area (Å²) >= 11 is 0. The van der Waals surface area contributed by atoms with Gasteiger partial charge in [-0.2, -0.15) is 0 Å². The van der Waals surface area contributed by atoms with Crippen molar-refractivity contribution in [3.05, 3.63) is 12.2 Å². The summed E-state index contributed by atoms with van der Waals surface area (Å²) in [6.07, 6.45) is 11.7. The number of rotatable bonds is 1. The predicted octanol–water partition coefficient (Wildman–Crippen LogP) is 4.31. The van der Waals surface area contributed by atoms with E-state index < -0.39 is 0 Å². The second-order valence-electron chi connectivity index (χ2n) is 9.24. The molecule has 0 aromatic rings. The zero-order chi connectivity index (χ0) is 17.1. The number of allylic oxidation sites excluding steroid dienone is 2. The lowest BCUT2D eigenvalue weighted by molar-refractivity contribution is -0.164. The maximum Gasteiger partial charge on any atom is 0.302 e. The van der Waals surface area contributed by atoms with Crippen molar-refractivity contribution in [3.8, 4) is 0 Å². The standard InChI is InChI=1S/C21H30O3/c1-13(22)24-19-8-7-15-14-12-18(23)17-6-4-5-10-20(17,2)16(14)9-11-21(15,19)3/h4-5,14-17,19H,6-12H2,1-3H3/t14-,15-,16+,17?,19?,20+,21-/m0/s1. The van der Waals surface area contributed by atoms with Gasteiger partial charge in [0, 0.05) is 24.7 Å². The lowest BCUT2D eigenvalue weighted by atomic mass is 9.45. The third-order valence-electron chi connectivity index (χ3n) is 8.22. The molecule has 0 amide bonds. The summed E-state index contributed by atoms with van der Waals surface area (Å²) in [4.78, 5) is 24.4. The number of hydrogen-bond acceptors (Lipinski definition) is 3. The van der Waals surface area contributed by atoms with Gasteiger partial charge < -0.3 is 4.74 Å². The van der Waals surface area contributed by atoms with Crippen LogP contribution in [-0.4, -0.2) is 17.9 Å². The van der Waals surface area contributed by atoms with Crippen LogP contribution in [0.1, 0.15) is 65.7 Å². The van der Waals surface area contributed by atoms with Gasteiger partial charge in [0.25, 0.3) is 0 Å². The number of fused-ring (bicyclic) bond motifs is 5. The third-order valence-corrected chi connectivity index (χ3v) is 8.22. The van der Waals surface area contributed by atoms with Crippen molar-refractivity contribution in [2.75, 3.05) is 0 Å². The molecule has 0 N–H and O–H groups in total. The molecule has 4 aliphatic rings. The van der Waals surface area contributed by atoms with Crippen molar-refractivity contribution >= 4 is 11.8 Å². The summed E-state index contributed by atoms with van der Waals surface area (Å²) in [6, 6.07) is 0. The average Bonchev–Trinajstić information content (AvgIpc) is 2.84. The minimum atomic E-state index is -0.159. The van der Waals surface area contributed by atoms with E-state index in [2.05, 4.69) is 26.0 Å². The van der Waals surface area contributed by atoms with Gasteiger partial charge in [0.1, 0.15) is 11.9 Å².